The maximum atomic E-state index is 12.6. The third-order valence-electron chi connectivity index (χ3n) is 6.56. The van der Waals surface area contributed by atoms with Crippen LogP contribution in [0.2, 0.25) is 0 Å². The Balaban J connectivity index is 1.15. The minimum atomic E-state index is -3.65. The Kier molecular flexibility index (Phi) is 9.23. The summed E-state index contributed by atoms with van der Waals surface area (Å²) in [4.78, 5) is 32.5. The van der Waals surface area contributed by atoms with Gasteiger partial charge in [0.2, 0.25) is 16.0 Å². The van der Waals surface area contributed by atoms with Crippen LogP contribution in [0.5, 0.6) is 5.75 Å². The summed E-state index contributed by atoms with van der Waals surface area (Å²) in [6.45, 7) is 4.18. The van der Waals surface area contributed by atoms with Crippen LogP contribution in [-0.4, -0.2) is 55.2 Å². The SMILES string of the molecule is CC1(C)Oc2cnc(Nc3ccc(S(=O)(=O)NCCCCCCNC(=O)OC4CCCC4)cc3)nc2NC1=O. The zero-order chi connectivity index (χ0) is 27.9. The van der Waals surface area contributed by atoms with E-state index < -0.39 is 15.6 Å². The first-order valence-electron chi connectivity index (χ1n) is 13.3. The molecular weight excluding hydrogens is 524 g/mol. The molecule has 1 fully saturated rings. The Hall–Kier alpha value is -3.45. The van der Waals surface area contributed by atoms with Crippen LogP contribution >= 0.6 is 0 Å². The summed E-state index contributed by atoms with van der Waals surface area (Å²) < 4.78 is 38.8. The molecule has 4 rings (SSSR count). The van der Waals surface area contributed by atoms with Gasteiger partial charge in [0, 0.05) is 18.8 Å². The third-order valence-corrected chi connectivity index (χ3v) is 8.04. The van der Waals surface area contributed by atoms with Gasteiger partial charge in [0.05, 0.1) is 11.1 Å². The lowest BCUT2D eigenvalue weighted by atomic mass is 10.1. The summed E-state index contributed by atoms with van der Waals surface area (Å²) >= 11 is 0. The second-order valence-electron chi connectivity index (χ2n) is 10.2. The molecule has 39 heavy (non-hydrogen) atoms. The summed E-state index contributed by atoms with van der Waals surface area (Å²) in [5, 5.41) is 8.46. The number of carbonyl (C=O) groups is 2. The number of fused-ring (bicyclic) bond motifs is 1. The number of hydrogen-bond acceptors (Lipinski definition) is 9. The summed E-state index contributed by atoms with van der Waals surface area (Å²) in [6.07, 6.45) is 8.54. The smallest absolute Gasteiger partial charge is 0.407 e. The maximum Gasteiger partial charge on any atom is 0.407 e. The van der Waals surface area contributed by atoms with Crippen LogP contribution in [0.15, 0.2) is 35.4 Å². The topological polar surface area (TPSA) is 161 Å². The molecule has 12 nitrogen and oxygen atoms in total. The Morgan fingerprint density at radius 3 is 2.51 bits per heavy atom. The van der Waals surface area contributed by atoms with Gasteiger partial charge in [-0.3, -0.25) is 4.79 Å². The molecule has 1 aliphatic heterocycles. The van der Waals surface area contributed by atoms with Crippen LogP contribution in [0, 0.1) is 0 Å². The summed E-state index contributed by atoms with van der Waals surface area (Å²) in [6, 6.07) is 6.21. The van der Waals surface area contributed by atoms with Crippen LogP contribution in [-0.2, 0) is 19.6 Å². The van der Waals surface area contributed by atoms with Crippen LogP contribution in [0.4, 0.5) is 22.2 Å². The van der Waals surface area contributed by atoms with Crippen molar-refractivity contribution in [1.29, 1.82) is 0 Å². The van der Waals surface area contributed by atoms with E-state index in [9.17, 15) is 18.0 Å². The summed E-state index contributed by atoms with van der Waals surface area (Å²) in [7, 11) is -3.65. The number of hydrogen-bond donors (Lipinski definition) is 4. The Bertz CT molecular complexity index is 1260. The number of nitrogens with zero attached hydrogens (tertiary/aromatic N) is 2. The number of carbonyl (C=O) groups excluding carboxylic acids is 2. The number of sulfonamides is 1. The van der Waals surface area contributed by atoms with Crippen molar-refractivity contribution in [2.24, 2.45) is 0 Å². The predicted molar refractivity (Wildman–Crippen MR) is 145 cm³/mol. The van der Waals surface area contributed by atoms with Gasteiger partial charge in [0.25, 0.3) is 5.91 Å². The zero-order valence-electron chi connectivity index (χ0n) is 22.3. The Morgan fingerprint density at radius 1 is 1.10 bits per heavy atom. The van der Waals surface area contributed by atoms with E-state index >= 15 is 0 Å². The Labute approximate surface area is 228 Å². The van der Waals surface area contributed by atoms with Gasteiger partial charge in [-0.25, -0.2) is 22.9 Å². The monoisotopic (exact) mass is 560 g/mol. The van der Waals surface area contributed by atoms with E-state index in [2.05, 4.69) is 30.6 Å². The van der Waals surface area contributed by atoms with E-state index in [-0.39, 0.29) is 34.8 Å². The van der Waals surface area contributed by atoms with E-state index in [0.717, 1.165) is 44.9 Å². The average Bonchev–Trinajstić information content (AvgIpc) is 3.40. The molecule has 13 heteroatoms. The van der Waals surface area contributed by atoms with E-state index in [0.29, 0.717) is 30.9 Å². The van der Waals surface area contributed by atoms with Crippen molar-refractivity contribution in [2.75, 3.05) is 23.7 Å². The molecule has 1 saturated carbocycles. The highest BCUT2D eigenvalue weighted by molar-refractivity contribution is 7.89. The number of nitrogens with one attached hydrogen (secondary N) is 4. The molecular formula is C26H36N6O6S. The van der Waals surface area contributed by atoms with Gasteiger partial charge in [-0.15, -0.1) is 0 Å². The minimum absolute atomic E-state index is 0.0581. The largest absolute Gasteiger partial charge is 0.472 e. The number of amides is 2. The van der Waals surface area contributed by atoms with Gasteiger partial charge in [0.15, 0.2) is 17.2 Å². The van der Waals surface area contributed by atoms with Crippen molar-refractivity contribution in [3.63, 3.8) is 0 Å². The van der Waals surface area contributed by atoms with Gasteiger partial charge < -0.3 is 25.4 Å². The number of aromatic nitrogens is 2. The first-order chi connectivity index (χ1) is 18.6. The lowest BCUT2D eigenvalue weighted by molar-refractivity contribution is -0.129. The second kappa shape index (κ2) is 12.6. The van der Waals surface area contributed by atoms with Crippen molar-refractivity contribution in [1.82, 2.24) is 20.0 Å². The standard InChI is InChI=1S/C26H36N6O6S/c1-26(2)23(33)31-22-21(38-26)17-28-24(32-22)30-18-11-13-20(14-12-18)39(35,36)29-16-8-4-3-7-15-27-25(34)37-19-9-5-6-10-19/h11-14,17,19,29H,3-10,15-16H2,1-2H3,(H,27,34)(H2,28,30,31,32,33). The molecule has 2 heterocycles. The number of alkyl carbamates (subject to hydrolysis) is 1. The highest BCUT2D eigenvalue weighted by Crippen LogP contribution is 2.32. The number of benzene rings is 1. The molecule has 2 amide bonds. The van der Waals surface area contributed by atoms with E-state index in [1.54, 1.807) is 26.0 Å². The van der Waals surface area contributed by atoms with Crippen LogP contribution in [0.1, 0.15) is 65.2 Å². The van der Waals surface area contributed by atoms with E-state index in [4.69, 9.17) is 9.47 Å². The molecule has 1 aliphatic carbocycles. The van der Waals surface area contributed by atoms with Crippen molar-refractivity contribution < 1.29 is 27.5 Å². The quantitative estimate of drug-likeness (QED) is 0.283. The molecule has 2 aliphatic rings. The Morgan fingerprint density at radius 2 is 1.79 bits per heavy atom. The van der Waals surface area contributed by atoms with Crippen LogP contribution < -0.4 is 25.4 Å². The summed E-state index contributed by atoms with van der Waals surface area (Å²) in [5.41, 5.74) is -0.429. The van der Waals surface area contributed by atoms with Crippen molar-refractivity contribution in [3.05, 3.63) is 30.5 Å². The molecule has 0 unspecified atom stereocenters. The predicted octanol–water partition coefficient (Wildman–Crippen LogP) is 3.84. The molecule has 1 aromatic heterocycles. The molecule has 0 atom stereocenters. The van der Waals surface area contributed by atoms with Gasteiger partial charge in [-0.2, -0.15) is 4.98 Å². The van der Waals surface area contributed by atoms with Crippen molar-refractivity contribution >= 4 is 39.5 Å². The fourth-order valence-corrected chi connectivity index (χ4v) is 5.38. The number of ether oxygens (including phenoxy) is 2. The number of unbranched alkanes of at least 4 members (excludes halogenated alkanes) is 3. The van der Waals surface area contributed by atoms with E-state index in [1.807, 2.05) is 0 Å². The molecule has 0 spiro atoms. The average molecular weight is 561 g/mol. The van der Waals surface area contributed by atoms with Gasteiger partial charge >= 0.3 is 6.09 Å². The van der Waals surface area contributed by atoms with Crippen molar-refractivity contribution in [2.45, 2.75) is 81.8 Å². The van der Waals surface area contributed by atoms with Crippen LogP contribution in [0.25, 0.3) is 0 Å². The molecule has 1 aromatic carbocycles. The molecule has 4 N–H and O–H groups in total. The van der Waals surface area contributed by atoms with Gasteiger partial charge in [-0.1, -0.05) is 12.8 Å². The van der Waals surface area contributed by atoms with Crippen molar-refractivity contribution in [3.8, 4) is 5.75 Å². The number of rotatable bonds is 12. The first-order valence-corrected chi connectivity index (χ1v) is 14.8. The van der Waals surface area contributed by atoms with Gasteiger partial charge in [0.1, 0.15) is 6.10 Å². The highest BCUT2D eigenvalue weighted by Gasteiger charge is 2.36. The summed E-state index contributed by atoms with van der Waals surface area (Å²) in [5.74, 6) is 0.550. The molecule has 2 aromatic rings. The minimum Gasteiger partial charge on any atom is -0.472 e. The molecule has 0 saturated heterocycles. The maximum absolute atomic E-state index is 12.6. The normalized spacial score (nSPS) is 16.6. The van der Waals surface area contributed by atoms with E-state index in [1.165, 1.54) is 18.3 Å². The second-order valence-corrected chi connectivity index (χ2v) is 11.9. The first kappa shape index (κ1) is 28.6. The number of anilines is 3. The van der Waals surface area contributed by atoms with Crippen LogP contribution in [0.3, 0.4) is 0 Å². The lowest BCUT2D eigenvalue weighted by Gasteiger charge is -2.30. The zero-order valence-corrected chi connectivity index (χ0v) is 23.1. The fourth-order valence-electron chi connectivity index (χ4n) is 4.30. The molecule has 0 radical (unpaired) electrons. The fraction of sp³-hybridized carbons (Fsp3) is 0.538. The third kappa shape index (κ3) is 8.02. The molecule has 0 bridgehead atoms. The van der Waals surface area contributed by atoms with Gasteiger partial charge in [-0.05, 0) is 76.6 Å². The molecule has 212 valence electrons. The lowest BCUT2D eigenvalue weighted by Crippen LogP contribution is -2.46. The highest BCUT2D eigenvalue weighted by atomic mass is 32.2.